The molecule has 1 aliphatic heterocycles. The summed E-state index contributed by atoms with van der Waals surface area (Å²) in [6.07, 6.45) is 2.93. The number of allylic oxidation sites excluding steroid dienone is 2. The van der Waals surface area contributed by atoms with Crippen LogP contribution < -0.4 is 16.3 Å². The molecule has 0 amide bonds. The number of halogens is 1. The lowest BCUT2D eigenvalue weighted by atomic mass is 9.95. The Kier molecular flexibility index (Phi) is 8.64. The van der Waals surface area contributed by atoms with Crippen molar-refractivity contribution in [3.05, 3.63) is 47.1 Å². The SMILES string of the molecule is CC(C)OC(=O)[C@H](C)N=[P+]([O-])OC1(OC[C@@]2(F)O[C@@H](n3ccc(N)nc3=O)[C@](C)(O)[C@@H]2O)C=CC=CC1. The van der Waals surface area contributed by atoms with Crippen molar-refractivity contribution in [1.29, 1.82) is 0 Å². The fourth-order valence-electron chi connectivity index (χ4n) is 3.67. The average molecular weight is 544 g/mol. The van der Waals surface area contributed by atoms with Crippen molar-refractivity contribution >= 4 is 20.0 Å². The van der Waals surface area contributed by atoms with E-state index in [1.165, 1.54) is 25.1 Å². The third kappa shape index (κ3) is 6.47. The van der Waals surface area contributed by atoms with Crippen molar-refractivity contribution < 1.29 is 43.0 Å². The number of hydrogen-bond acceptors (Lipinski definition) is 12. The second kappa shape index (κ2) is 11.0. The van der Waals surface area contributed by atoms with E-state index in [0.29, 0.717) is 0 Å². The summed E-state index contributed by atoms with van der Waals surface area (Å²) in [6, 6.07) is 0.128. The second-order valence-electron chi connectivity index (χ2n) is 9.13. The number of nitrogen functional groups attached to an aromatic ring is 1. The molecular formula is C22H30FN4O9P. The molecule has 0 saturated carbocycles. The zero-order valence-corrected chi connectivity index (χ0v) is 21.6. The Labute approximate surface area is 213 Å². The number of aliphatic hydroxyl groups is 2. The maximum atomic E-state index is 15.9. The number of carbonyl (C=O) groups excluding carboxylic acids is 1. The summed E-state index contributed by atoms with van der Waals surface area (Å²) in [5.41, 5.74) is 2.24. The van der Waals surface area contributed by atoms with Crippen LogP contribution in [0.25, 0.3) is 0 Å². The van der Waals surface area contributed by atoms with Gasteiger partial charge in [0.1, 0.15) is 24.1 Å². The van der Waals surface area contributed by atoms with Crippen LogP contribution in [0.15, 0.2) is 46.1 Å². The topological polar surface area (TPSA) is 191 Å². The van der Waals surface area contributed by atoms with Crippen LogP contribution in [-0.2, 0) is 23.5 Å². The number of aromatic nitrogens is 2. The molecule has 1 fully saturated rings. The summed E-state index contributed by atoms with van der Waals surface area (Å²) >= 11 is 0. The van der Waals surface area contributed by atoms with Gasteiger partial charge in [0.15, 0.2) is 12.3 Å². The Morgan fingerprint density at radius 1 is 1.46 bits per heavy atom. The number of nitrogens with zero attached hydrogens (tertiary/aromatic N) is 3. The first kappa shape index (κ1) is 29.0. The van der Waals surface area contributed by atoms with E-state index in [2.05, 4.69) is 9.73 Å². The minimum absolute atomic E-state index is 0.0295. The van der Waals surface area contributed by atoms with E-state index >= 15 is 4.39 Å². The Morgan fingerprint density at radius 2 is 2.16 bits per heavy atom. The number of hydrogen-bond donors (Lipinski definition) is 3. The molecule has 0 spiro atoms. The van der Waals surface area contributed by atoms with Gasteiger partial charge in [0, 0.05) is 12.6 Å². The minimum atomic E-state index is -3.03. The van der Waals surface area contributed by atoms with Crippen LogP contribution in [0.1, 0.15) is 40.3 Å². The first-order chi connectivity index (χ1) is 17.2. The minimum Gasteiger partial charge on any atom is -0.583 e. The lowest BCUT2D eigenvalue weighted by Gasteiger charge is -2.31. The molecule has 1 aromatic heterocycles. The molecule has 0 aromatic carbocycles. The fraction of sp³-hybridized carbons (Fsp3) is 0.591. The number of ether oxygens (including phenoxy) is 3. The van der Waals surface area contributed by atoms with Crippen LogP contribution >= 0.6 is 8.17 Å². The summed E-state index contributed by atoms with van der Waals surface area (Å²) < 4.78 is 41.8. The van der Waals surface area contributed by atoms with Crippen LogP contribution in [0.4, 0.5) is 10.2 Å². The van der Waals surface area contributed by atoms with Gasteiger partial charge in [-0.1, -0.05) is 23.0 Å². The standard InChI is InChI=1S/C22H30FN4O9P/c1-13(2)34-16(28)14(3)26-37(32)36-21(9-6-5-7-10-21)33-12-22(23)17(29)20(4,31)18(35-22)27-11-8-15(24)25-19(27)30/h5-9,11,13-14,17-18,29,31H,10,12H2,1-4H3,(H2,24,25,30)/t14-,17-,18+,20+,21?,22+/m0/s1. The lowest BCUT2D eigenvalue weighted by Crippen LogP contribution is -2.51. The molecule has 2 heterocycles. The second-order valence-corrected chi connectivity index (χ2v) is 10.0. The highest BCUT2D eigenvalue weighted by atomic mass is 31.1. The lowest BCUT2D eigenvalue weighted by molar-refractivity contribution is -0.266. The van der Waals surface area contributed by atoms with Crippen LogP contribution in [0, 0.1) is 0 Å². The van der Waals surface area contributed by atoms with Gasteiger partial charge in [-0.15, -0.1) is 4.52 Å². The average Bonchev–Trinajstić information content (AvgIpc) is 2.98. The van der Waals surface area contributed by atoms with Crippen molar-refractivity contribution in [2.45, 2.75) is 75.8 Å². The predicted molar refractivity (Wildman–Crippen MR) is 126 cm³/mol. The molecule has 1 aliphatic carbocycles. The Bertz CT molecular complexity index is 1160. The van der Waals surface area contributed by atoms with Crippen LogP contribution in [0.2, 0.25) is 0 Å². The summed E-state index contributed by atoms with van der Waals surface area (Å²) in [7, 11) is -2.85. The summed E-state index contributed by atoms with van der Waals surface area (Å²) in [5, 5.41) is 21.4. The van der Waals surface area contributed by atoms with Crippen molar-refractivity contribution in [1.82, 2.24) is 9.55 Å². The number of aliphatic hydroxyl groups excluding tert-OH is 1. The first-order valence-electron chi connectivity index (χ1n) is 11.4. The van der Waals surface area contributed by atoms with Gasteiger partial charge < -0.3 is 35.1 Å². The third-order valence-electron chi connectivity index (χ3n) is 5.58. The molecule has 2 unspecified atom stereocenters. The molecule has 1 aromatic rings. The van der Waals surface area contributed by atoms with E-state index < -0.39 is 68.2 Å². The molecule has 37 heavy (non-hydrogen) atoms. The van der Waals surface area contributed by atoms with E-state index in [9.17, 15) is 24.7 Å². The third-order valence-corrected chi connectivity index (χ3v) is 6.58. The number of anilines is 1. The van der Waals surface area contributed by atoms with Crippen LogP contribution in [0.3, 0.4) is 0 Å². The quantitative estimate of drug-likeness (QED) is 0.224. The van der Waals surface area contributed by atoms with Gasteiger partial charge in [-0.05, 0) is 39.8 Å². The van der Waals surface area contributed by atoms with E-state index in [1.807, 2.05) is 0 Å². The molecule has 204 valence electrons. The maximum absolute atomic E-state index is 15.9. The van der Waals surface area contributed by atoms with Gasteiger partial charge in [0.05, 0.1) is 6.10 Å². The molecular weight excluding hydrogens is 514 g/mol. The summed E-state index contributed by atoms with van der Waals surface area (Å²) in [5.74, 6) is -5.64. The zero-order valence-electron chi connectivity index (χ0n) is 20.7. The van der Waals surface area contributed by atoms with Crippen LogP contribution in [0.5, 0.6) is 0 Å². The van der Waals surface area contributed by atoms with E-state index in [4.69, 9.17) is 24.5 Å². The molecule has 2 aliphatic rings. The summed E-state index contributed by atoms with van der Waals surface area (Å²) in [4.78, 5) is 40.3. The van der Waals surface area contributed by atoms with Crippen LogP contribution in [-0.4, -0.2) is 67.8 Å². The number of rotatable bonds is 9. The number of carbonyl (C=O) groups is 1. The van der Waals surface area contributed by atoms with Gasteiger partial charge in [0.25, 0.3) is 5.85 Å². The molecule has 7 atom stereocenters. The normalized spacial score (nSPS) is 32.6. The smallest absolute Gasteiger partial charge is 0.351 e. The van der Waals surface area contributed by atoms with Crippen molar-refractivity contribution in [3.8, 4) is 0 Å². The Hall–Kier alpha value is -2.58. The maximum Gasteiger partial charge on any atom is 0.351 e. The van der Waals surface area contributed by atoms with Crippen molar-refractivity contribution in [2.75, 3.05) is 12.3 Å². The van der Waals surface area contributed by atoms with Gasteiger partial charge in [-0.2, -0.15) is 4.98 Å². The monoisotopic (exact) mass is 544 g/mol. The highest BCUT2D eigenvalue weighted by Gasteiger charge is 2.64. The number of nitrogens with two attached hydrogens (primary N) is 1. The van der Waals surface area contributed by atoms with Crippen molar-refractivity contribution in [3.63, 3.8) is 0 Å². The molecule has 0 bridgehead atoms. The molecule has 3 rings (SSSR count). The van der Waals surface area contributed by atoms with E-state index in [0.717, 1.165) is 17.7 Å². The number of alkyl halides is 1. The van der Waals surface area contributed by atoms with E-state index in [-0.39, 0.29) is 12.2 Å². The Morgan fingerprint density at radius 3 is 2.76 bits per heavy atom. The summed E-state index contributed by atoms with van der Waals surface area (Å²) in [6.45, 7) is 4.75. The highest BCUT2D eigenvalue weighted by molar-refractivity contribution is 7.33. The highest BCUT2D eigenvalue weighted by Crippen LogP contribution is 2.46. The predicted octanol–water partition coefficient (Wildman–Crippen LogP) is 0.574. The van der Waals surface area contributed by atoms with E-state index in [1.54, 1.807) is 26.0 Å². The Balaban J connectivity index is 1.79. The molecule has 4 N–H and O–H groups in total. The van der Waals surface area contributed by atoms with Gasteiger partial charge in [-0.25, -0.2) is 14.0 Å². The molecule has 0 radical (unpaired) electrons. The molecule has 1 saturated heterocycles. The van der Waals surface area contributed by atoms with Gasteiger partial charge in [0.2, 0.25) is 5.79 Å². The molecule has 13 nitrogen and oxygen atoms in total. The van der Waals surface area contributed by atoms with Crippen molar-refractivity contribution in [2.24, 2.45) is 4.74 Å². The van der Waals surface area contributed by atoms with Gasteiger partial charge in [-0.3, -0.25) is 4.57 Å². The first-order valence-corrected chi connectivity index (χ1v) is 12.5. The number of esters is 1. The fourth-order valence-corrected chi connectivity index (χ4v) is 4.55. The molecule has 15 heteroatoms. The zero-order chi connectivity index (χ0) is 27.6. The largest absolute Gasteiger partial charge is 0.583 e. The van der Waals surface area contributed by atoms with Gasteiger partial charge >= 0.3 is 19.8 Å².